The van der Waals surface area contributed by atoms with Crippen molar-refractivity contribution in [1.82, 2.24) is 20.4 Å². The van der Waals surface area contributed by atoms with Crippen LogP contribution in [0.2, 0.25) is 0 Å². The average Bonchev–Trinajstić information content (AvgIpc) is 3.33. The molecule has 2 amide bonds. The predicted octanol–water partition coefficient (Wildman–Crippen LogP) is 3.74. The molecule has 3 atom stereocenters. The fourth-order valence-corrected chi connectivity index (χ4v) is 5.35. The first-order valence-corrected chi connectivity index (χ1v) is 13.1. The van der Waals surface area contributed by atoms with Gasteiger partial charge in [0.1, 0.15) is 11.9 Å². The molecule has 1 saturated heterocycles. The van der Waals surface area contributed by atoms with Gasteiger partial charge in [-0.2, -0.15) is 5.10 Å². The van der Waals surface area contributed by atoms with Crippen LogP contribution in [0.1, 0.15) is 78.0 Å². The third kappa shape index (κ3) is 6.25. The van der Waals surface area contributed by atoms with Gasteiger partial charge in [-0.05, 0) is 94.5 Å². The number of hydrogen-bond acceptors (Lipinski definition) is 5. The second-order valence-electron chi connectivity index (χ2n) is 10.9. The van der Waals surface area contributed by atoms with Crippen molar-refractivity contribution < 1.29 is 19.1 Å². The molecule has 206 valence electrons. The Morgan fingerprint density at radius 1 is 1.15 bits per heavy atom. The van der Waals surface area contributed by atoms with Crippen molar-refractivity contribution in [3.8, 4) is 0 Å². The highest BCUT2D eigenvalue weighted by Gasteiger charge is 2.45. The number of aryl methyl sites for hydroxylation is 2. The summed E-state index contributed by atoms with van der Waals surface area (Å²) >= 11 is 0. The first kappa shape index (κ1) is 28.2. The molecule has 3 aromatic rings. The van der Waals surface area contributed by atoms with Crippen molar-refractivity contribution in [2.45, 2.75) is 77.6 Å². The monoisotopic (exact) mass is 534 g/mol. The minimum Gasteiger partial charge on any atom is -0.388 e. The standard InChI is InChI=1S/C30H35FN4O4/c1-17-13-22(10-9-20(17)15-23-14-18(2)33-34-28(23)37)27(36)32-19(3)29(38)35-25(11-12-26(35)30(4,5)39)21-7-6-8-24(31)16-21/h6-10,13-14,16,19,25-26,39H,11-12,15H2,1-5H3,(H,32,36)(H,34,37)/t19-,25+,26-/m1/s1. The van der Waals surface area contributed by atoms with Gasteiger partial charge >= 0.3 is 0 Å². The van der Waals surface area contributed by atoms with E-state index in [-0.39, 0.29) is 11.5 Å². The summed E-state index contributed by atoms with van der Waals surface area (Å²) in [6.07, 6.45) is 1.53. The lowest BCUT2D eigenvalue weighted by Crippen LogP contribution is -2.54. The number of hydrogen-bond donors (Lipinski definition) is 3. The molecule has 9 heteroatoms. The normalized spacial score (nSPS) is 18.2. The molecule has 4 rings (SSSR count). The number of carbonyl (C=O) groups is 2. The van der Waals surface area contributed by atoms with Crippen LogP contribution in [-0.2, 0) is 11.2 Å². The SMILES string of the molecule is Cc1cc(Cc2ccc(C(=O)N[C@H](C)C(=O)N3[C@H](c4cccc(F)c4)CC[C@@H]3C(C)(C)O)cc2C)c(=O)[nH]n1. The van der Waals surface area contributed by atoms with Gasteiger partial charge < -0.3 is 15.3 Å². The zero-order valence-electron chi connectivity index (χ0n) is 22.9. The third-order valence-electron chi connectivity index (χ3n) is 7.40. The maximum atomic E-state index is 14.0. The Balaban J connectivity index is 1.51. The van der Waals surface area contributed by atoms with Crippen LogP contribution in [0.3, 0.4) is 0 Å². The summed E-state index contributed by atoms with van der Waals surface area (Å²) in [5.41, 5.74) is 2.64. The van der Waals surface area contributed by atoms with E-state index in [1.54, 1.807) is 69.0 Å². The number of rotatable bonds is 7. The van der Waals surface area contributed by atoms with Crippen LogP contribution in [0.4, 0.5) is 4.39 Å². The summed E-state index contributed by atoms with van der Waals surface area (Å²) in [5.74, 6) is -1.15. The van der Waals surface area contributed by atoms with Gasteiger partial charge in [0.2, 0.25) is 5.91 Å². The Hall–Kier alpha value is -3.85. The van der Waals surface area contributed by atoms with Crippen LogP contribution in [0.15, 0.2) is 53.3 Å². The third-order valence-corrected chi connectivity index (χ3v) is 7.40. The van der Waals surface area contributed by atoms with Crippen molar-refractivity contribution in [2.75, 3.05) is 0 Å². The first-order chi connectivity index (χ1) is 18.3. The maximum absolute atomic E-state index is 14.0. The van der Waals surface area contributed by atoms with E-state index in [0.29, 0.717) is 41.6 Å². The smallest absolute Gasteiger partial charge is 0.267 e. The molecular weight excluding hydrogens is 499 g/mol. The number of benzene rings is 2. The number of H-pyrrole nitrogens is 1. The fourth-order valence-electron chi connectivity index (χ4n) is 5.35. The highest BCUT2D eigenvalue weighted by atomic mass is 19.1. The second-order valence-corrected chi connectivity index (χ2v) is 10.9. The van der Waals surface area contributed by atoms with Gasteiger partial charge in [0.15, 0.2) is 0 Å². The lowest BCUT2D eigenvalue weighted by Gasteiger charge is -2.38. The van der Waals surface area contributed by atoms with E-state index in [9.17, 15) is 23.9 Å². The Bertz CT molecular complexity index is 1450. The van der Waals surface area contributed by atoms with E-state index >= 15 is 0 Å². The molecule has 0 radical (unpaired) electrons. The molecule has 1 aromatic heterocycles. The average molecular weight is 535 g/mol. The Morgan fingerprint density at radius 2 is 1.90 bits per heavy atom. The van der Waals surface area contributed by atoms with E-state index in [4.69, 9.17) is 0 Å². The van der Waals surface area contributed by atoms with Crippen molar-refractivity contribution >= 4 is 11.8 Å². The molecule has 2 heterocycles. The summed E-state index contributed by atoms with van der Waals surface area (Å²) in [6.45, 7) is 8.59. The van der Waals surface area contributed by atoms with E-state index in [1.165, 1.54) is 12.1 Å². The van der Waals surface area contributed by atoms with Crippen molar-refractivity contribution in [2.24, 2.45) is 0 Å². The molecule has 0 saturated carbocycles. The summed E-state index contributed by atoms with van der Waals surface area (Å²) in [4.78, 5) is 40.5. The molecular formula is C30H35FN4O4. The largest absolute Gasteiger partial charge is 0.388 e. The Kier molecular flexibility index (Phi) is 8.02. The van der Waals surface area contributed by atoms with Gasteiger partial charge in [-0.1, -0.05) is 18.2 Å². The van der Waals surface area contributed by atoms with Crippen LogP contribution >= 0.6 is 0 Å². The molecule has 0 unspecified atom stereocenters. The molecule has 0 bridgehead atoms. The van der Waals surface area contributed by atoms with E-state index < -0.39 is 35.5 Å². The van der Waals surface area contributed by atoms with Crippen molar-refractivity contribution in [3.63, 3.8) is 0 Å². The number of nitrogens with zero attached hydrogens (tertiary/aromatic N) is 2. The number of aromatic amines is 1. The van der Waals surface area contributed by atoms with E-state index in [2.05, 4.69) is 15.5 Å². The second kappa shape index (κ2) is 11.1. The van der Waals surface area contributed by atoms with Crippen LogP contribution in [0.5, 0.6) is 0 Å². The number of amides is 2. The maximum Gasteiger partial charge on any atom is 0.267 e. The van der Waals surface area contributed by atoms with Gasteiger partial charge in [-0.15, -0.1) is 0 Å². The van der Waals surface area contributed by atoms with Crippen LogP contribution < -0.4 is 10.9 Å². The lowest BCUT2D eigenvalue weighted by atomic mass is 9.96. The summed E-state index contributed by atoms with van der Waals surface area (Å²) in [5, 5.41) is 20.0. The summed E-state index contributed by atoms with van der Waals surface area (Å²) in [6, 6.07) is 11.3. The van der Waals surface area contributed by atoms with Gasteiger partial charge in [-0.25, -0.2) is 9.49 Å². The zero-order chi connectivity index (χ0) is 28.5. The lowest BCUT2D eigenvalue weighted by molar-refractivity contribution is -0.141. The van der Waals surface area contributed by atoms with Gasteiger partial charge in [0.05, 0.1) is 23.4 Å². The summed E-state index contributed by atoms with van der Waals surface area (Å²) in [7, 11) is 0. The number of likely N-dealkylation sites (tertiary alicyclic amines) is 1. The molecule has 39 heavy (non-hydrogen) atoms. The predicted molar refractivity (Wildman–Crippen MR) is 146 cm³/mol. The van der Waals surface area contributed by atoms with Crippen molar-refractivity contribution in [3.05, 3.63) is 98.2 Å². The van der Waals surface area contributed by atoms with Gasteiger partial charge in [-0.3, -0.25) is 14.4 Å². The molecule has 1 aliphatic heterocycles. The molecule has 2 aromatic carbocycles. The molecule has 3 N–H and O–H groups in total. The van der Waals surface area contributed by atoms with E-state index in [0.717, 1.165) is 11.1 Å². The summed E-state index contributed by atoms with van der Waals surface area (Å²) < 4.78 is 14.0. The topological polar surface area (TPSA) is 115 Å². The number of aliphatic hydroxyl groups is 1. The number of halogens is 1. The number of nitrogens with one attached hydrogen (secondary N) is 2. The minimum absolute atomic E-state index is 0.253. The number of aromatic nitrogens is 2. The number of carbonyl (C=O) groups excluding carboxylic acids is 2. The molecule has 0 spiro atoms. The van der Waals surface area contributed by atoms with Crippen LogP contribution in [0.25, 0.3) is 0 Å². The molecule has 0 aliphatic carbocycles. The van der Waals surface area contributed by atoms with E-state index in [1.807, 2.05) is 6.92 Å². The van der Waals surface area contributed by atoms with Crippen LogP contribution in [0, 0.1) is 19.7 Å². The van der Waals surface area contributed by atoms with Crippen LogP contribution in [-0.4, -0.2) is 49.7 Å². The quantitative estimate of drug-likeness (QED) is 0.427. The van der Waals surface area contributed by atoms with Gasteiger partial charge in [0.25, 0.3) is 11.5 Å². The minimum atomic E-state index is -1.18. The molecule has 1 aliphatic rings. The Morgan fingerprint density at radius 3 is 2.56 bits per heavy atom. The van der Waals surface area contributed by atoms with Gasteiger partial charge in [0, 0.05) is 17.5 Å². The fraction of sp³-hybridized carbons (Fsp3) is 0.400. The Labute approximate surface area is 227 Å². The molecule has 8 nitrogen and oxygen atoms in total. The highest BCUT2D eigenvalue weighted by Crippen LogP contribution is 2.40. The highest BCUT2D eigenvalue weighted by molar-refractivity contribution is 5.97. The molecule has 1 fully saturated rings. The van der Waals surface area contributed by atoms with Crippen molar-refractivity contribution in [1.29, 1.82) is 0 Å². The first-order valence-electron chi connectivity index (χ1n) is 13.1. The zero-order valence-corrected chi connectivity index (χ0v) is 22.9.